The summed E-state index contributed by atoms with van der Waals surface area (Å²) < 4.78 is 1.88. The molecule has 0 spiro atoms. The molecule has 0 aliphatic heterocycles. The summed E-state index contributed by atoms with van der Waals surface area (Å²) >= 11 is 0. The number of para-hydroxylation sites is 1. The van der Waals surface area contributed by atoms with E-state index in [1.54, 1.807) is 0 Å². The van der Waals surface area contributed by atoms with E-state index < -0.39 is 0 Å². The third-order valence-corrected chi connectivity index (χ3v) is 5.49. The van der Waals surface area contributed by atoms with Gasteiger partial charge in [0.15, 0.2) is 5.65 Å². The molecule has 0 fully saturated rings. The number of carbonyl (C=O) groups is 1. The predicted molar refractivity (Wildman–Crippen MR) is 119 cm³/mol. The molecule has 1 N–H and O–H groups in total. The Kier molecular flexibility index (Phi) is 4.39. The minimum atomic E-state index is -0.0673. The minimum Gasteiger partial charge on any atom is -0.311 e. The lowest BCUT2D eigenvalue weighted by molar-refractivity contribution is -0.116. The molecule has 6 heteroatoms. The topological polar surface area (TPSA) is 72.2 Å². The van der Waals surface area contributed by atoms with Crippen molar-refractivity contribution >= 4 is 39.2 Å². The van der Waals surface area contributed by atoms with Gasteiger partial charge in [-0.3, -0.25) is 4.79 Å². The highest BCUT2D eigenvalue weighted by molar-refractivity contribution is 5.93. The molecule has 30 heavy (non-hydrogen) atoms. The Hall–Kier alpha value is -3.80. The number of aryl methyl sites for hydroxylation is 2. The Bertz CT molecular complexity index is 1420. The smallest absolute Gasteiger partial charge is 0.225 e. The second-order valence-corrected chi connectivity index (χ2v) is 7.45. The molecule has 1 amide bonds. The van der Waals surface area contributed by atoms with Crippen molar-refractivity contribution in [1.82, 2.24) is 19.6 Å². The first kappa shape index (κ1) is 18.2. The summed E-state index contributed by atoms with van der Waals surface area (Å²) in [6.07, 6.45) is 0.945. The van der Waals surface area contributed by atoms with Crippen LogP contribution < -0.4 is 5.32 Å². The monoisotopic (exact) mass is 395 g/mol. The number of hydrogen-bond donors (Lipinski definition) is 1. The zero-order chi connectivity index (χ0) is 20.7. The Morgan fingerprint density at radius 3 is 2.57 bits per heavy atom. The zero-order valence-electron chi connectivity index (χ0n) is 16.9. The first-order chi connectivity index (χ1) is 14.6. The van der Waals surface area contributed by atoms with Gasteiger partial charge in [0, 0.05) is 28.6 Å². The third-order valence-electron chi connectivity index (χ3n) is 5.49. The molecule has 6 nitrogen and oxygen atoms in total. The van der Waals surface area contributed by atoms with Crippen LogP contribution in [0.1, 0.15) is 23.4 Å². The average Bonchev–Trinajstić information content (AvgIpc) is 3.12. The quantitative estimate of drug-likeness (QED) is 0.482. The van der Waals surface area contributed by atoms with Gasteiger partial charge in [-0.25, -0.2) is 14.5 Å². The van der Waals surface area contributed by atoms with E-state index in [-0.39, 0.29) is 5.91 Å². The minimum absolute atomic E-state index is 0.0673. The molecule has 5 aromatic rings. The van der Waals surface area contributed by atoms with E-state index >= 15 is 0 Å². The number of amides is 1. The number of anilines is 1. The highest BCUT2D eigenvalue weighted by Gasteiger charge is 2.15. The summed E-state index contributed by atoms with van der Waals surface area (Å²) in [5.41, 5.74) is 5.64. The van der Waals surface area contributed by atoms with E-state index in [9.17, 15) is 4.79 Å². The Balaban J connectivity index is 1.37. The lowest BCUT2D eigenvalue weighted by Gasteiger charge is -2.11. The van der Waals surface area contributed by atoms with Crippen LogP contribution in [0.15, 0.2) is 60.7 Å². The lowest BCUT2D eigenvalue weighted by Crippen LogP contribution is -2.15. The summed E-state index contributed by atoms with van der Waals surface area (Å²) in [6.45, 7) is 4.03. The van der Waals surface area contributed by atoms with Gasteiger partial charge in [0.2, 0.25) is 5.91 Å². The predicted octanol–water partition coefficient (Wildman–Crippen LogP) is 4.62. The van der Waals surface area contributed by atoms with Gasteiger partial charge >= 0.3 is 0 Å². The van der Waals surface area contributed by atoms with Gasteiger partial charge in [-0.1, -0.05) is 30.3 Å². The van der Waals surface area contributed by atoms with Crippen LogP contribution in [0.5, 0.6) is 0 Å². The van der Waals surface area contributed by atoms with Crippen molar-refractivity contribution in [2.45, 2.75) is 26.7 Å². The van der Waals surface area contributed by atoms with Crippen LogP contribution in [0.25, 0.3) is 27.5 Å². The average molecular weight is 395 g/mol. The van der Waals surface area contributed by atoms with Crippen molar-refractivity contribution in [2.24, 2.45) is 0 Å². The fourth-order valence-electron chi connectivity index (χ4n) is 3.92. The number of nitrogens with one attached hydrogen (secondary N) is 1. The SMILES string of the molecule is Cc1nc2c3ccccc3nn2c(C)c1CCC(=O)Nc1ccc2ccccc2n1. The largest absolute Gasteiger partial charge is 0.311 e. The summed E-state index contributed by atoms with van der Waals surface area (Å²) in [7, 11) is 0. The fraction of sp³-hybridized carbons (Fsp3) is 0.167. The zero-order valence-corrected chi connectivity index (χ0v) is 16.9. The lowest BCUT2D eigenvalue weighted by atomic mass is 10.1. The van der Waals surface area contributed by atoms with Gasteiger partial charge in [-0.05, 0) is 56.2 Å². The normalized spacial score (nSPS) is 11.4. The van der Waals surface area contributed by atoms with Crippen LogP contribution in [-0.2, 0) is 11.2 Å². The molecule has 0 unspecified atom stereocenters. The molecule has 0 aliphatic carbocycles. The molecular formula is C24H21N5O. The van der Waals surface area contributed by atoms with Gasteiger partial charge in [-0.2, -0.15) is 5.10 Å². The van der Waals surface area contributed by atoms with Crippen LogP contribution in [0.3, 0.4) is 0 Å². The van der Waals surface area contributed by atoms with E-state index in [4.69, 9.17) is 4.98 Å². The first-order valence-corrected chi connectivity index (χ1v) is 9.99. The number of pyridine rings is 1. The molecule has 0 radical (unpaired) electrons. The van der Waals surface area contributed by atoms with Crippen LogP contribution in [0.4, 0.5) is 5.82 Å². The van der Waals surface area contributed by atoms with Crippen LogP contribution in [-0.4, -0.2) is 25.5 Å². The maximum Gasteiger partial charge on any atom is 0.225 e. The molecule has 0 bridgehead atoms. The Morgan fingerprint density at radius 1 is 0.933 bits per heavy atom. The van der Waals surface area contributed by atoms with Crippen molar-refractivity contribution in [3.63, 3.8) is 0 Å². The molecule has 0 atom stereocenters. The molecule has 0 aliphatic rings. The molecular weight excluding hydrogens is 374 g/mol. The second-order valence-electron chi connectivity index (χ2n) is 7.45. The highest BCUT2D eigenvalue weighted by atomic mass is 16.1. The fourth-order valence-corrected chi connectivity index (χ4v) is 3.92. The van der Waals surface area contributed by atoms with Crippen molar-refractivity contribution in [1.29, 1.82) is 0 Å². The van der Waals surface area contributed by atoms with E-state index in [1.165, 1.54) is 0 Å². The molecule has 0 saturated carbocycles. The van der Waals surface area contributed by atoms with Gasteiger partial charge in [0.05, 0.1) is 11.0 Å². The van der Waals surface area contributed by atoms with E-state index in [1.807, 2.05) is 79.0 Å². The van der Waals surface area contributed by atoms with E-state index in [2.05, 4.69) is 15.4 Å². The molecule has 5 rings (SSSR count). The van der Waals surface area contributed by atoms with Gasteiger partial charge < -0.3 is 5.32 Å². The summed E-state index contributed by atoms with van der Waals surface area (Å²) in [5.74, 6) is 0.501. The van der Waals surface area contributed by atoms with Crippen molar-refractivity contribution < 1.29 is 4.79 Å². The second kappa shape index (κ2) is 7.22. The molecule has 2 aromatic carbocycles. The van der Waals surface area contributed by atoms with E-state index in [0.717, 1.165) is 44.4 Å². The first-order valence-electron chi connectivity index (χ1n) is 9.99. The molecule has 3 heterocycles. The Morgan fingerprint density at radius 2 is 1.70 bits per heavy atom. The number of carbonyl (C=O) groups excluding carboxylic acids is 1. The van der Waals surface area contributed by atoms with Crippen LogP contribution in [0, 0.1) is 13.8 Å². The molecule has 148 valence electrons. The van der Waals surface area contributed by atoms with Crippen molar-refractivity contribution in [2.75, 3.05) is 5.32 Å². The third kappa shape index (κ3) is 3.16. The van der Waals surface area contributed by atoms with Crippen LogP contribution in [0.2, 0.25) is 0 Å². The molecule has 3 aromatic heterocycles. The van der Waals surface area contributed by atoms with Gasteiger partial charge in [0.1, 0.15) is 5.82 Å². The van der Waals surface area contributed by atoms with E-state index in [0.29, 0.717) is 18.7 Å². The summed E-state index contributed by atoms with van der Waals surface area (Å²) in [4.78, 5) is 21.8. The van der Waals surface area contributed by atoms with Crippen molar-refractivity contribution in [3.05, 3.63) is 77.6 Å². The summed E-state index contributed by atoms with van der Waals surface area (Å²) in [5, 5.41) is 9.68. The number of rotatable bonds is 4. The maximum absolute atomic E-state index is 12.6. The number of nitrogens with zero attached hydrogens (tertiary/aromatic N) is 4. The Labute approximate surface area is 173 Å². The standard InChI is InChI=1S/C24H21N5O/c1-15-18(16(2)29-24(25-15)19-8-4-6-10-21(19)28-29)12-14-23(30)27-22-13-11-17-7-3-5-9-20(17)26-22/h3-11,13H,12,14H2,1-2H3,(H,26,27,30). The molecule has 0 saturated heterocycles. The number of fused-ring (bicyclic) bond motifs is 4. The van der Waals surface area contributed by atoms with Gasteiger partial charge in [-0.15, -0.1) is 0 Å². The van der Waals surface area contributed by atoms with Gasteiger partial charge in [0.25, 0.3) is 0 Å². The highest BCUT2D eigenvalue weighted by Crippen LogP contribution is 2.23. The van der Waals surface area contributed by atoms with Crippen LogP contribution >= 0.6 is 0 Å². The number of hydrogen-bond acceptors (Lipinski definition) is 4. The maximum atomic E-state index is 12.6. The van der Waals surface area contributed by atoms with Crippen molar-refractivity contribution in [3.8, 4) is 0 Å². The number of benzene rings is 2. The number of aromatic nitrogens is 4. The summed E-state index contributed by atoms with van der Waals surface area (Å²) in [6, 6.07) is 19.6.